The molecule has 0 N–H and O–H groups in total. The third-order valence-corrected chi connectivity index (χ3v) is 5.52. The van der Waals surface area contributed by atoms with Crippen LogP contribution in [0.1, 0.15) is 31.2 Å². The van der Waals surface area contributed by atoms with E-state index in [9.17, 15) is 9.18 Å². The molecule has 0 spiro atoms. The molecule has 134 valence electrons. The molecule has 1 aromatic carbocycles. The molecule has 1 aromatic rings. The van der Waals surface area contributed by atoms with Gasteiger partial charge in [-0.2, -0.15) is 0 Å². The number of aldehydes is 1. The SMILES string of the molecule is CN1CCCC(C=O)C1N1CCC(Cc2ccc(F)cc2)CC1.Cl. The second-order valence-electron chi connectivity index (χ2n) is 7.15. The van der Waals surface area contributed by atoms with Crippen LogP contribution < -0.4 is 0 Å². The van der Waals surface area contributed by atoms with Crippen molar-refractivity contribution in [1.82, 2.24) is 9.80 Å². The van der Waals surface area contributed by atoms with E-state index in [4.69, 9.17) is 0 Å². The van der Waals surface area contributed by atoms with E-state index in [2.05, 4.69) is 16.8 Å². The van der Waals surface area contributed by atoms with Crippen LogP contribution in [0.25, 0.3) is 0 Å². The molecular formula is C19H28ClFN2O. The molecule has 3 rings (SSSR count). The number of likely N-dealkylation sites (tertiary alicyclic amines) is 2. The first-order valence-corrected chi connectivity index (χ1v) is 8.81. The molecule has 2 fully saturated rings. The highest BCUT2D eigenvalue weighted by Crippen LogP contribution is 2.29. The normalized spacial score (nSPS) is 26.8. The van der Waals surface area contributed by atoms with Crippen LogP contribution >= 0.6 is 12.4 Å². The van der Waals surface area contributed by atoms with Crippen molar-refractivity contribution in [3.8, 4) is 0 Å². The maximum atomic E-state index is 13.0. The van der Waals surface area contributed by atoms with Gasteiger partial charge in [-0.3, -0.25) is 9.80 Å². The van der Waals surface area contributed by atoms with Crippen LogP contribution in [0.3, 0.4) is 0 Å². The highest BCUT2D eigenvalue weighted by atomic mass is 35.5. The molecule has 2 aliphatic rings. The molecule has 2 saturated heterocycles. The molecule has 24 heavy (non-hydrogen) atoms. The number of piperidine rings is 2. The van der Waals surface area contributed by atoms with Crippen molar-refractivity contribution < 1.29 is 9.18 Å². The molecule has 0 bridgehead atoms. The van der Waals surface area contributed by atoms with E-state index in [0.29, 0.717) is 5.92 Å². The third-order valence-electron chi connectivity index (χ3n) is 5.52. The Balaban J connectivity index is 0.00000208. The quantitative estimate of drug-likeness (QED) is 0.774. The zero-order valence-corrected chi connectivity index (χ0v) is 15.2. The fourth-order valence-corrected chi connectivity index (χ4v) is 4.25. The number of halogens is 2. The highest BCUT2D eigenvalue weighted by Gasteiger charge is 2.35. The first kappa shape index (κ1) is 19.4. The molecule has 0 aliphatic carbocycles. The number of hydrogen-bond donors (Lipinski definition) is 0. The summed E-state index contributed by atoms with van der Waals surface area (Å²) in [5, 5.41) is 0. The van der Waals surface area contributed by atoms with Gasteiger partial charge < -0.3 is 4.79 Å². The van der Waals surface area contributed by atoms with Gasteiger partial charge in [0.15, 0.2) is 0 Å². The minimum Gasteiger partial charge on any atom is -0.303 e. The number of carbonyl (C=O) groups excluding carboxylic acids is 1. The van der Waals surface area contributed by atoms with Crippen LogP contribution in [0.15, 0.2) is 24.3 Å². The van der Waals surface area contributed by atoms with Gasteiger partial charge >= 0.3 is 0 Å². The summed E-state index contributed by atoms with van der Waals surface area (Å²) in [5.74, 6) is 0.659. The summed E-state index contributed by atoms with van der Waals surface area (Å²) in [4.78, 5) is 16.3. The predicted octanol–water partition coefficient (Wildman–Crippen LogP) is 3.37. The van der Waals surface area contributed by atoms with Crippen molar-refractivity contribution in [3.05, 3.63) is 35.6 Å². The van der Waals surface area contributed by atoms with Crippen LogP contribution in [0.4, 0.5) is 4.39 Å². The fourth-order valence-electron chi connectivity index (χ4n) is 4.25. The minimum absolute atomic E-state index is 0. The van der Waals surface area contributed by atoms with Gasteiger partial charge in [-0.25, -0.2) is 4.39 Å². The Labute approximate surface area is 150 Å². The summed E-state index contributed by atoms with van der Waals surface area (Å²) in [6.45, 7) is 3.21. The predicted molar refractivity (Wildman–Crippen MR) is 96.9 cm³/mol. The Bertz CT molecular complexity index is 517. The zero-order chi connectivity index (χ0) is 16.2. The number of hydrogen-bond acceptors (Lipinski definition) is 3. The minimum atomic E-state index is -0.163. The fraction of sp³-hybridized carbons (Fsp3) is 0.632. The molecule has 3 nitrogen and oxygen atoms in total. The maximum absolute atomic E-state index is 13.0. The molecule has 5 heteroatoms. The van der Waals surface area contributed by atoms with E-state index in [1.165, 1.54) is 5.56 Å². The summed E-state index contributed by atoms with van der Waals surface area (Å²) in [6.07, 6.45) is 6.94. The Morgan fingerprint density at radius 3 is 2.42 bits per heavy atom. The largest absolute Gasteiger partial charge is 0.303 e. The second kappa shape index (κ2) is 8.93. The van der Waals surface area contributed by atoms with Gasteiger partial charge in [-0.1, -0.05) is 12.1 Å². The van der Waals surface area contributed by atoms with Gasteiger partial charge in [0.2, 0.25) is 0 Å². The van der Waals surface area contributed by atoms with Gasteiger partial charge in [0.05, 0.1) is 6.17 Å². The summed E-state index contributed by atoms with van der Waals surface area (Å²) < 4.78 is 13.0. The van der Waals surface area contributed by atoms with Crippen molar-refractivity contribution in [1.29, 1.82) is 0 Å². The van der Waals surface area contributed by atoms with Crippen LogP contribution in [0, 0.1) is 17.7 Å². The first-order valence-electron chi connectivity index (χ1n) is 8.81. The lowest BCUT2D eigenvalue weighted by atomic mass is 9.88. The average molecular weight is 355 g/mol. The molecule has 2 aliphatic heterocycles. The van der Waals surface area contributed by atoms with E-state index in [1.807, 2.05) is 12.1 Å². The van der Waals surface area contributed by atoms with Gasteiger partial charge in [-0.15, -0.1) is 12.4 Å². The van der Waals surface area contributed by atoms with Crippen molar-refractivity contribution in [3.63, 3.8) is 0 Å². The zero-order valence-electron chi connectivity index (χ0n) is 14.4. The van der Waals surface area contributed by atoms with Gasteiger partial charge in [0.25, 0.3) is 0 Å². The second-order valence-corrected chi connectivity index (χ2v) is 7.15. The lowest BCUT2D eigenvalue weighted by Gasteiger charge is -2.46. The average Bonchev–Trinajstić information content (AvgIpc) is 2.57. The van der Waals surface area contributed by atoms with E-state index in [0.717, 1.165) is 58.0 Å². The van der Waals surface area contributed by atoms with E-state index in [1.54, 1.807) is 12.1 Å². The molecule has 0 aromatic heterocycles. The topological polar surface area (TPSA) is 23.6 Å². The van der Waals surface area contributed by atoms with Gasteiger partial charge in [0.1, 0.15) is 12.1 Å². The summed E-state index contributed by atoms with van der Waals surface area (Å²) in [5.41, 5.74) is 1.23. The van der Waals surface area contributed by atoms with Crippen molar-refractivity contribution in [2.75, 3.05) is 26.7 Å². The third kappa shape index (κ3) is 4.56. The molecule has 2 unspecified atom stereocenters. The Morgan fingerprint density at radius 2 is 1.79 bits per heavy atom. The van der Waals surface area contributed by atoms with Crippen LogP contribution in [-0.4, -0.2) is 48.9 Å². The smallest absolute Gasteiger partial charge is 0.125 e. The van der Waals surface area contributed by atoms with Gasteiger partial charge in [-0.05, 0) is 82.4 Å². The summed E-state index contributed by atoms with van der Waals surface area (Å²) in [6, 6.07) is 6.91. The number of rotatable bonds is 4. The lowest BCUT2D eigenvalue weighted by Crippen LogP contribution is -2.56. The van der Waals surface area contributed by atoms with Crippen molar-refractivity contribution >= 4 is 18.7 Å². The Hall–Kier alpha value is -0.970. The van der Waals surface area contributed by atoms with Gasteiger partial charge in [0, 0.05) is 5.92 Å². The number of nitrogens with zero attached hydrogens (tertiary/aromatic N) is 2. The van der Waals surface area contributed by atoms with Crippen LogP contribution in [0.5, 0.6) is 0 Å². The van der Waals surface area contributed by atoms with Crippen LogP contribution in [0.2, 0.25) is 0 Å². The molecule has 0 radical (unpaired) electrons. The van der Waals surface area contributed by atoms with E-state index in [-0.39, 0.29) is 30.3 Å². The Kier molecular flexibility index (Phi) is 7.20. The van der Waals surface area contributed by atoms with E-state index >= 15 is 0 Å². The van der Waals surface area contributed by atoms with Crippen molar-refractivity contribution in [2.24, 2.45) is 11.8 Å². The monoisotopic (exact) mass is 354 g/mol. The molecule has 2 atom stereocenters. The van der Waals surface area contributed by atoms with E-state index < -0.39 is 0 Å². The Morgan fingerprint density at radius 1 is 1.12 bits per heavy atom. The molecule has 0 amide bonds. The first-order chi connectivity index (χ1) is 11.2. The molecule has 0 saturated carbocycles. The summed E-state index contributed by atoms with van der Waals surface area (Å²) in [7, 11) is 2.14. The summed E-state index contributed by atoms with van der Waals surface area (Å²) >= 11 is 0. The lowest BCUT2D eigenvalue weighted by molar-refractivity contribution is -0.119. The highest BCUT2D eigenvalue weighted by molar-refractivity contribution is 5.85. The molecular weight excluding hydrogens is 327 g/mol. The maximum Gasteiger partial charge on any atom is 0.125 e. The van der Waals surface area contributed by atoms with Crippen molar-refractivity contribution in [2.45, 2.75) is 38.3 Å². The molecule has 2 heterocycles. The van der Waals surface area contributed by atoms with Crippen LogP contribution in [-0.2, 0) is 11.2 Å². The number of carbonyl (C=O) groups is 1. The standard InChI is InChI=1S/C19H27FN2O.ClH/c1-21-10-2-3-17(14-23)19(21)22-11-8-16(9-12-22)13-15-4-6-18(20)7-5-15;/h4-7,14,16-17,19H,2-3,8-13H2,1H3;1H. The number of benzene rings is 1.